The molecule has 2 aromatic rings. The van der Waals surface area contributed by atoms with E-state index < -0.39 is 27.6 Å². The molecule has 4 N–H and O–H groups in total. The summed E-state index contributed by atoms with van der Waals surface area (Å²) >= 11 is 0. The van der Waals surface area contributed by atoms with Gasteiger partial charge >= 0.3 is 15.5 Å². The van der Waals surface area contributed by atoms with Crippen molar-refractivity contribution in [3.8, 4) is 0 Å². The van der Waals surface area contributed by atoms with Crippen LogP contribution in [0.2, 0.25) is 0 Å². The van der Waals surface area contributed by atoms with Crippen molar-refractivity contribution in [1.82, 2.24) is 4.72 Å². The molecule has 0 amide bonds. The SMILES string of the molecule is [H-].[NH3+][C@@H](c1ccccc1)[C@@H](NS(=O)(=O)C(F)(F)F)c1ccccc1. The van der Waals surface area contributed by atoms with Gasteiger partial charge in [0.1, 0.15) is 12.1 Å². The van der Waals surface area contributed by atoms with Crippen molar-refractivity contribution in [2.45, 2.75) is 17.6 Å². The van der Waals surface area contributed by atoms with E-state index in [1.165, 1.54) is 0 Å². The number of hydrogen-bond acceptors (Lipinski definition) is 2. The van der Waals surface area contributed by atoms with Crippen LogP contribution in [-0.2, 0) is 10.0 Å². The molecule has 126 valence electrons. The first-order valence-corrected chi connectivity index (χ1v) is 8.22. The highest BCUT2D eigenvalue weighted by atomic mass is 32.2. The van der Waals surface area contributed by atoms with Gasteiger partial charge in [0.15, 0.2) is 0 Å². The molecule has 2 aromatic carbocycles. The Kier molecular flexibility index (Phi) is 5.08. The van der Waals surface area contributed by atoms with Gasteiger partial charge in [-0.15, -0.1) is 0 Å². The monoisotopic (exact) mass is 346 g/mol. The van der Waals surface area contributed by atoms with Crippen molar-refractivity contribution in [3.05, 3.63) is 71.8 Å². The molecule has 2 atom stereocenters. The van der Waals surface area contributed by atoms with Crippen LogP contribution in [0.5, 0.6) is 0 Å². The van der Waals surface area contributed by atoms with E-state index in [0.717, 1.165) is 0 Å². The fourth-order valence-corrected chi connectivity index (χ4v) is 2.94. The molecule has 0 fully saturated rings. The molecule has 0 bridgehead atoms. The first-order chi connectivity index (χ1) is 10.7. The Morgan fingerprint density at radius 2 is 1.35 bits per heavy atom. The third-order valence-corrected chi connectivity index (χ3v) is 4.55. The Morgan fingerprint density at radius 1 is 0.913 bits per heavy atom. The van der Waals surface area contributed by atoms with Crippen LogP contribution in [0.4, 0.5) is 13.2 Å². The fraction of sp³-hybridized carbons (Fsp3) is 0.200. The van der Waals surface area contributed by atoms with E-state index in [1.807, 2.05) is 0 Å². The van der Waals surface area contributed by atoms with Crippen molar-refractivity contribution in [3.63, 3.8) is 0 Å². The number of benzene rings is 2. The second-order valence-electron chi connectivity index (χ2n) is 4.97. The highest BCUT2D eigenvalue weighted by Gasteiger charge is 2.48. The Bertz CT molecular complexity index is 740. The van der Waals surface area contributed by atoms with Gasteiger partial charge in [0, 0.05) is 5.56 Å². The molecule has 0 aromatic heterocycles. The lowest BCUT2D eigenvalue weighted by atomic mass is 9.95. The predicted octanol–water partition coefficient (Wildman–Crippen LogP) is 2.26. The molecular weight excluding hydrogens is 329 g/mol. The number of quaternary nitrogens is 1. The molecular formula is C15H17F3N2O2S. The molecule has 0 aliphatic rings. The molecule has 4 nitrogen and oxygen atoms in total. The molecule has 8 heteroatoms. The first kappa shape index (κ1) is 17.5. The quantitative estimate of drug-likeness (QED) is 0.871. The minimum atomic E-state index is -5.49. The van der Waals surface area contributed by atoms with Gasteiger partial charge in [0.05, 0.1) is 0 Å². The van der Waals surface area contributed by atoms with Crippen LogP contribution < -0.4 is 10.5 Å². The lowest BCUT2D eigenvalue weighted by molar-refractivity contribution is -0.433. The van der Waals surface area contributed by atoms with E-state index in [9.17, 15) is 21.6 Å². The lowest BCUT2D eigenvalue weighted by Gasteiger charge is -2.23. The Labute approximate surface area is 133 Å². The summed E-state index contributed by atoms with van der Waals surface area (Å²) in [7, 11) is -5.49. The van der Waals surface area contributed by atoms with E-state index in [2.05, 4.69) is 5.73 Å². The number of hydrogen-bond donors (Lipinski definition) is 2. The normalized spacial score (nSPS) is 15.1. The smallest absolute Gasteiger partial charge is 0.511 e. The average molecular weight is 346 g/mol. The standard InChI is InChI=1S/C15H15F3N2O2S.H/c16-15(17,18)23(21,22)20-14(12-9-5-2-6-10-12)13(19)11-7-3-1-4-8-11;/h1-10,13-14,20H,19H2;/q;-1/p+1/t13-,14-;/m0./s1. The topological polar surface area (TPSA) is 73.8 Å². The van der Waals surface area contributed by atoms with Crippen LogP contribution >= 0.6 is 0 Å². The van der Waals surface area contributed by atoms with E-state index in [0.29, 0.717) is 11.1 Å². The molecule has 23 heavy (non-hydrogen) atoms. The molecule has 2 rings (SSSR count). The minimum Gasteiger partial charge on any atom is -1.00 e. The summed E-state index contributed by atoms with van der Waals surface area (Å²) in [5, 5.41) is 0. The minimum absolute atomic E-state index is 0. The molecule has 0 radical (unpaired) electrons. The van der Waals surface area contributed by atoms with E-state index in [4.69, 9.17) is 0 Å². The molecule has 0 saturated heterocycles. The molecule has 0 spiro atoms. The molecule has 0 aliphatic carbocycles. The van der Waals surface area contributed by atoms with Crippen LogP contribution in [0.15, 0.2) is 60.7 Å². The van der Waals surface area contributed by atoms with E-state index in [-0.39, 0.29) is 1.43 Å². The second kappa shape index (κ2) is 6.69. The van der Waals surface area contributed by atoms with Crippen LogP contribution in [0, 0.1) is 0 Å². The maximum atomic E-state index is 12.7. The number of halogens is 3. The first-order valence-electron chi connectivity index (χ1n) is 6.74. The molecule has 0 aliphatic heterocycles. The number of nitrogens with one attached hydrogen (secondary N) is 1. The molecule has 0 unspecified atom stereocenters. The van der Waals surface area contributed by atoms with Crippen molar-refractivity contribution in [2.24, 2.45) is 0 Å². The van der Waals surface area contributed by atoms with Gasteiger partial charge < -0.3 is 7.16 Å². The van der Waals surface area contributed by atoms with Gasteiger partial charge in [-0.1, -0.05) is 60.7 Å². The van der Waals surface area contributed by atoms with Gasteiger partial charge in [-0.25, -0.2) is 8.42 Å². The molecule has 0 saturated carbocycles. The average Bonchev–Trinajstić information content (AvgIpc) is 2.52. The van der Waals surface area contributed by atoms with Crippen molar-refractivity contribution in [1.29, 1.82) is 0 Å². The lowest BCUT2D eigenvalue weighted by Crippen LogP contribution is -2.59. The van der Waals surface area contributed by atoms with Crippen LogP contribution in [-0.4, -0.2) is 13.9 Å². The Hall–Kier alpha value is -1.90. The Balaban J connectivity index is 0.00000288. The maximum absolute atomic E-state index is 12.7. The van der Waals surface area contributed by atoms with Gasteiger partial charge in [-0.2, -0.15) is 17.9 Å². The van der Waals surface area contributed by atoms with Gasteiger partial charge in [0.25, 0.3) is 0 Å². The number of rotatable bonds is 5. The van der Waals surface area contributed by atoms with Crippen molar-refractivity contribution >= 4 is 10.0 Å². The van der Waals surface area contributed by atoms with Crippen LogP contribution in [0.25, 0.3) is 0 Å². The van der Waals surface area contributed by atoms with Gasteiger partial charge in [-0.05, 0) is 5.56 Å². The zero-order chi connectivity index (χ0) is 17.1. The molecule has 0 heterocycles. The Morgan fingerprint density at radius 3 is 1.78 bits per heavy atom. The third kappa shape index (κ3) is 4.10. The largest absolute Gasteiger partial charge is 1.00 e. The maximum Gasteiger partial charge on any atom is 0.511 e. The number of alkyl halides is 3. The second-order valence-corrected chi connectivity index (χ2v) is 6.68. The summed E-state index contributed by atoms with van der Waals surface area (Å²) in [4.78, 5) is 0. The third-order valence-electron chi connectivity index (χ3n) is 3.38. The highest BCUT2D eigenvalue weighted by molar-refractivity contribution is 7.90. The van der Waals surface area contributed by atoms with Crippen molar-refractivity contribution < 1.29 is 28.7 Å². The highest BCUT2D eigenvalue weighted by Crippen LogP contribution is 2.30. The summed E-state index contributed by atoms with van der Waals surface area (Å²) in [6.07, 6.45) is 0. The fourth-order valence-electron chi connectivity index (χ4n) is 2.17. The summed E-state index contributed by atoms with van der Waals surface area (Å²) in [5.74, 6) is 0. The number of sulfonamides is 1. The van der Waals surface area contributed by atoms with E-state index >= 15 is 0 Å². The summed E-state index contributed by atoms with van der Waals surface area (Å²) in [6.45, 7) is 0. The summed E-state index contributed by atoms with van der Waals surface area (Å²) in [5.41, 5.74) is -0.484. The van der Waals surface area contributed by atoms with Gasteiger partial charge in [0.2, 0.25) is 0 Å². The van der Waals surface area contributed by atoms with Crippen LogP contribution in [0.1, 0.15) is 24.6 Å². The van der Waals surface area contributed by atoms with Crippen LogP contribution in [0.3, 0.4) is 0 Å². The van der Waals surface area contributed by atoms with Gasteiger partial charge in [-0.3, -0.25) is 0 Å². The summed E-state index contributed by atoms with van der Waals surface area (Å²) in [6, 6.07) is 14.8. The zero-order valence-corrected chi connectivity index (χ0v) is 12.8. The predicted molar refractivity (Wildman–Crippen MR) is 80.5 cm³/mol. The summed E-state index contributed by atoms with van der Waals surface area (Å²) < 4.78 is 62.9. The zero-order valence-electron chi connectivity index (χ0n) is 13.0. The van der Waals surface area contributed by atoms with Crippen molar-refractivity contribution in [2.75, 3.05) is 0 Å². The van der Waals surface area contributed by atoms with E-state index in [1.54, 1.807) is 65.4 Å².